The van der Waals surface area contributed by atoms with E-state index >= 15 is 0 Å². The maximum Gasteiger partial charge on any atom is 0.414 e. The van der Waals surface area contributed by atoms with Gasteiger partial charge < -0.3 is 25.6 Å². The van der Waals surface area contributed by atoms with E-state index in [0.717, 1.165) is 25.0 Å². The molecule has 2 saturated carbocycles. The Hall–Kier alpha value is -4.00. The van der Waals surface area contributed by atoms with E-state index in [1.807, 2.05) is 0 Å². The number of hydrogen-bond acceptors (Lipinski definition) is 7. The number of carbonyl (C=O) groups excluding carboxylic acids is 1. The highest BCUT2D eigenvalue weighted by molar-refractivity contribution is 6.31. The van der Waals surface area contributed by atoms with Crippen LogP contribution in [-0.4, -0.2) is 46.4 Å². The number of halogens is 5. The summed E-state index contributed by atoms with van der Waals surface area (Å²) >= 11 is 6.00. The molecule has 45 heavy (non-hydrogen) atoms. The average molecular weight is 643 g/mol. The van der Waals surface area contributed by atoms with Crippen LogP contribution in [0.5, 0.6) is 11.5 Å². The molecule has 0 radical (unpaired) electrons. The number of nitrogens with one attached hydrogen (secondary N) is 1. The molecule has 3 heterocycles. The predicted molar refractivity (Wildman–Crippen MR) is 156 cm³/mol. The van der Waals surface area contributed by atoms with Crippen LogP contribution in [0.2, 0.25) is 5.02 Å². The molecule has 2 aromatic carbocycles. The van der Waals surface area contributed by atoms with Crippen molar-refractivity contribution < 1.29 is 36.9 Å². The number of nitrogens with two attached hydrogens (primary N) is 1. The summed E-state index contributed by atoms with van der Waals surface area (Å²) in [5, 5.41) is 15.3. The third-order valence-electron chi connectivity index (χ3n) is 8.56. The second-order valence-corrected chi connectivity index (χ2v) is 12.3. The fourth-order valence-corrected chi connectivity index (χ4v) is 5.82. The van der Waals surface area contributed by atoms with Crippen LogP contribution in [0, 0.1) is 11.7 Å². The smallest absolute Gasteiger partial charge is 0.414 e. The van der Waals surface area contributed by atoms with Crippen molar-refractivity contribution in [3.05, 3.63) is 82.4 Å². The summed E-state index contributed by atoms with van der Waals surface area (Å²) in [6.07, 6.45) is -0.313. The van der Waals surface area contributed by atoms with Crippen molar-refractivity contribution in [1.82, 2.24) is 15.3 Å². The van der Waals surface area contributed by atoms with E-state index in [-0.39, 0.29) is 45.9 Å². The largest absolute Gasteiger partial charge is 0.488 e. The molecule has 2 fully saturated rings. The Morgan fingerprint density at radius 1 is 1.16 bits per heavy atom. The zero-order chi connectivity index (χ0) is 31.7. The maximum atomic E-state index is 14.3. The molecule has 0 spiro atoms. The lowest BCUT2D eigenvalue weighted by atomic mass is 9.86. The Morgan fingerprint density at radius 2 is 1.93 bits per heavy atom. The number of pyridine rings is 2. The van der Waals surface area contributed by atoms with E-state index in [4.69, 9.17) is 26.8 Å². The van der Waals surface area contributed by atoms with Crippen molar-refractivity contribution in [2.75, 3.05) is 13.2 Å². The van der Waals surface area contributed by atoms with Crippen molar-refractivity contribution in [2.45, 2.75) is 49.1 Å². The van der Waals surface area contributed by atoms with Crippen LogP contribution < -0.4 is 20.5 Å². The lowest BCUT2D eigenvalue weighted by Gasteiger charge is -2.31. The first-order valence-corrected chi connectivity index (χ1v) is 14.8. The standard InChI is InChI=1S/C32H27ClF4N4O4/c33-22-11-17(3-8-23(22)34)27-28-21(31(38,15-44-28)32(35,36)37)13-25(41-27)30(43,19-4-5-19)14-40-29(42)18-10-16-2-1-9-39-26(16)24(12-18)45-20-6-7-20/h1-3,8-13,19-20,43H,4-7,14-15,38H2,(H,40,42). The van der Waals surface area contributed by atoms with Gasteiger partial charge in [-0.2, -0.15) is 13.2 Å². The Labute approximate surface area is 259 Å². The predicted octanol–water partition coefficient (Wildman–Crippen LogP) is 5.77. The van der Waals surface area contributed by atoms with Gasteiger partial charge in [-0.3, -0.25) is 9.78 Å². The van der Waals surface area contributed by atoms with Crippen LogP contribution in [0.1, 0.15) is 47.3 Å². The average Bonchev–Trinajstić information content (AvgIpc) is 3.95. The van der Waals surface area contributed by atoms with Gasteiger partial charge in [-0.15, -0.1) is 0 Å². The van der Waals surface area contributed by atoms with Gasteiger partial charge >= 0.3 is 6.18 Å². The van der Waals surface area contributed by atoms with Gasteiger partial charge in [0.2, 0.25) is 0 Å². The number of carbonyl (C=O) groups is 1. The summed E-state index contributed by atoms with van der Waals surface area (Å²) in [7, 11) is 0. The molecule has 7 rings (SSSR count). The van der Waals surface area contributed by atoms with Crippen LogP contribution in [0.3, 0.4) is 0 Å². The monoisotopic (exact) mass is 642 g/mol. The molecule has 234 valence electrons. The summed E-state index contributed by atoms with van der Waals surface area (Å²) in [5.74, 6) is -1.45. The number of rotatable bonds is 8. The summed E-state index contributed by atoms with van der Waals surface area (Å²) in [4.78, 5) is 22.4. The Balaban J connectivity index is 1.27. The maximum absolute atomic E-state index is 14.3. The van der Waals surface area contributed by atoms with E-state index in [0.29, 0.717) is 29.5 Å². The van der Waals surface area contributed by atoms with Gasteiger partial charge in [0.1, 0.15) is 35.0 Å². The molecule has 0 bridgehead atoms. The topological polar surface area (TPSA) is 120 Å². The number of alkyl halides is 3. The van der Waals surface area contributed by atoms with E-state index in [1.54, 1.807) is 30.5 Å². The molecule has 8 nitrogen and oxygen atoms in total. The first kappa shape index (κ1) is 29.7. The summed E-state index contributed by atoms with van der Waals surface area (Å²) < 4.78 is 68.4. The number of benzene rings is 2. The molecule has 4 N–H and O–H groups in total. The molecule has 2 atom stereocenters. The second kappa shape index (κ2) is 10.5. The minimum atomic E-state index is -4.91. The molecule has 0 saturated heterocycles. The minimum absolute atomic E-state index is 0.0554. The van der Waals surface area contributed by atoms with Crippen LogP contribution in [0.4, 0.5) is 17.6 Å². The normalized spacial score (nSPS) is 20.8. The van der Waals surface area contributed by atoms with Crippen molar-refractivity contribution in [1.29, 1.82) is 0 Å². The Morgan fingerprint density at radius 3 is 2.62 bits per heavy atom. The fourth-order valence-electron chi connectivity index (χ4n) is 5.64. The van der Waals surface area contributed by atoms with E-state index < -0.39 is 47.1 Å². The fraction of sp³-hybridized carbons (Fsp3) is 0.344. The Kier molecular flexibility index (Phi) is 6.95. The summed E-state index contributed by atoms with van der Waals surface area (Å²) in [5.41, 5.74) is 1.54. The third-order valence-corrected chi connectivity index (χ3v) is 8.85. The minimum Gasteiger partial charge on any atom is -0.488 e. The number of ether oxygens (including phenoxy) is 2. The van der Waals surface area contributed by atoms with E-state index in [1.165, 1.54) is 12.1 Å². The molecular weight excluding hydrogens is 616 g/mol. The molecular formula is C32H27ClF4N4O4. The SMILES string of the molecule is NC1(C(F)(F)F)COc2c1cc(C(O)(CNC(=O)c1cc(OC3CC3)c3ncccc3c1)C1CC1)nc2-c1ccc(F)c(Cl)c1. The highest BCUT2D eigenvalue weighted by atomic mass is 35.5. The van der Waals surface area contributed by atoms with Crippen molar-refractivity contribution in [3.63, 3.8) is 0 Å². The van der Waals surface area contributed by atoms with Gasteiger partial charge in [0.05, 0.1) is 23.4 Å². The van der Waals surface area contributed by atoms with Crippen molar-refractivity contribution in [3.8, 4) is 22.8 Å². The highest BCUT2D eigenvalue weighted by Crippen LogP contribution is 2.52. The molecule has 2 unspecified atom stereocenters. The zero-order valence-electron chi connectivity index (χ0n) is 23.6. The summed E-state index contributed by atoms with van der Waals surface area (Å²) in [6, 6.07) is 11.5. The Bertz CT molecular complexity index is 1850. The first-order valence-electron chi connectivity index (χ1n) is 14.4. The van der Waals surface area contributed by atoms with Crippen LogP contribution in [-0.2, 0) is 11.1 Å². The zero-order valence-corrected chi connectivity index (χ0v) is 24.4. The molecule has 13 heteroatoms. The van der Waals surface area contributed by atoms with Gasteiger partial charge in [-0.05, 0) is 74.1 Å². The lowest BCUT2D eigenvalue weighted by molar-refractivity contribution is -0.191. The number of fused-ring (bicyclic) bond motifs is 2. The van der Waals surface area contributed by atoms with Crippen molar-refractivity contribution in [2.24, 2.45) is 11.7 Å². The lowest BCUT2D eigenvalue weighted by Crippen LogP contribution is -2.52. The van der Waals surface area contributed by atoms with Gasteiger partial charge in [-0.1, -0.05) is 17.7 Å². The quantitative estimate of drug-likeness (QED) is 0.209. The van der Waals surface area contributed by atoms with Gasteiger partial charge in [-0.25, -0.2) is 9.37 Å². The number of hydrogen-bond donors (Lipinski definition) is 3. The van der Waals surface area contributed by atoms with Gasteiger partial charge in [0.25, 0.3) is 5.91 Å². The third kappa shape index (κ3) is 5.24. The molecule has 3 aliphatic rings. The van der Waals surface area contributed by atoms with Gasteiger partial charge in [0.15, 0.2) is 11.3 Å². The molecule has 1 aliphatic heterocycles. The van der Waals surface area contributed by atoms with Gasteiger partial charge in [0, 0.05) is 28.3 Å². The number of aliphatic hydroxyl groups is 1. The first-order chi connectivity index (χ1) is 21.4. The van der Waals surface area contributed by atoms with Crippen molar-refractivity contribution >= 4 is 28.4 Å². The highest BCUT2D eigenvalue weighted by Gasteiger charge is 2.59. The number of amides is 1. The number of nitrogens with zero attached hydrogens (tertiary/aromatic N) is 2. The van der Waals surface area contributed by atoms with Crippen LogP contribution in [0.15, 0.2) is 54.7 Å². The van der Waals surface area contributed by atoms with E-state index in [2.05, 4.69) is 15.3 Å². The van der Waals surface area contributed by atoms with E-state index in [9.17, 15) is 27.5 Å². The molecule has 4 aromatic rings. The summed E-state index contributed by atoms with van der Waals surface area (Å²) in [6.45, 7) is -1.28. The molecule has 2 aliphatic carbocycles. The number of aromatic nitrogens is 2. The van der Waals surface area contributed by atoms with Crippen LogP contribution in [0.25, 0.3) is 22.2 Å². The molecule has 1 amide bonds. The van der Waals surface area contributed by atoms with Crippen LogP contribution >= 0.6 is 11.6 Å². The molecule has 2 aromatic heterocycles. The second-order valence-electron chi connectivity index (χ2n) is 11.9.